The lowest BCUT2D eigenvalue weighted by atomic mass is 9.80. The second-order valence-electron chi connectivity index (χ2n) is 9.04. The number of anilines is 1. The smallest absolute Gasteiger partial charge is 0.140 e. The Hall–Kier alpha value is -2.37. The molecule has 0 radical (unpaired) electrons. The number of benzene rings is 3. The van der Waals surface area contributed by atoms with Crippen molar-refractivity contribution in [1.29, 1.82) is 0 Å². The summed E-state index contributed by atoms with van der Waals surface area (Å²) in [5, 5.41) is 12.9. The summed E-state index contributed by atoms with van der Waals surface area (Å²) in [6, 6.07) is 24.2. The van der Waals surface area contributed by atoms with E-state index in [0.717, 1.165) is 55.2 Å². The van der Waals surface area contributed by atoms with Gasteiger partial charge in [-0.25, -0.2) is 0 Å². The molecule has 0 aliphatic carbocycles. The minimum atomic E-state index is -1.26. The average molecular weight is 463 g/mol. The maximum Gasteiger partial charge on any atom is 0.140 e. The lowest BCUT2D eigenvalue weighted by Crippen LogP contribution is -2.36. The van der Waals surface area contributed by atoms with Gasteiger partial charge in [-0.3, -0.25) is 4.90 Å². The SMILES string of the molecule is OC(c1ccc(Cl)cc1)(c1ccc(CN2CCCC2)cc1)c1ccc(N2CCOCC2)cc1. The molecule has 3 aromatic carbocycles. The van der Waals surface area contributed by atoms with Crippen LogP contribution in [0.4, 0.5) is 5.69 Å². The average Bonchev–Trinajstić information content (AvgIpc) is 3.38. The molecule has 3 aromatic rings. The van der Waals surface area contributed by atoms with Crippen molar-refractivity contribution in [3.8, 4) is 0 Å². The molecule has 2 saturated heterocycles. The van der Waals surface area contributed by atoms with E-state index in [2.05, 4.69) is 46.2 Å². The zero-order valence-electron chi connectivity index (χ0n) is 18.9. The van der Waals surface area contributed by atoms with Crippen LogP contribution in [0.2, 0.25) is 5.02 Å². The Bertz CT molecular complexity index is 1040. The summed E-state index contributed by atoms with van der Waals surface area (Å²) in [5.74, 6) is 0. The first kappa shape index (κ1) is 22.4. The first-order valence-corrected chi connectivity index (χ1v) is 12.2. The Labute approximate surface area is 201 Å². The number of halogens is 1. The molecule has 172 valence electrons. The minimum Gasteiger partial charge on any atom is -0.378 e. The number of hydrogen-bond acceptors (Lipinski definition) is 4. The van der Waals surface area contributed by atoms with Crippen LogP contribution in [-0.4, -0.2) is 49.4 Å². The molecule has 2 aliphatic heterocycles. The largest absolute Gasteiger partial charge is 0.378 e. The van der Waals surface area contributed by atoms with Crippen LogP contribution in [0.25, 0.3) is 0 Å². The molecule has 1 atom stereocenters. The fourth-order valence-electron chi connectivity index (χ4n) is 4.98. The van der Waals surface area contributed by atoms with Crippen LogP contribution in [0.1, 0.15) is 35.1 Å². The predicted molar refractivity (Wildman–Crippen MR) is 134 cm³/mol. The monoisotopic (exact) mass is 462 g/mol. The molecule has 0 saturated carbocycles. The topological polar surface area (TPSA) is 35.9 Å². The van der Waals surface area contributed by atoms with Gasteiger partial charge in [0.25, 0.3) is 0 Å². The van der Waals surface area contributed by atoms with E-state index < -0.39 is 5.60 Å². The number of aliphatic hydroxyl groups is 1. The summed E-state index contributed by atoms with van der Waals surface area (Å²) in [6.07, 6.45) is 2.57. The van der Waals surface area contributed by atoms with Gasteiger partial charge >= 0.3 is 0 Å². The molecule has 2 heterocycles. The zero-order chi connectivity index (χ0) is 22.7. The molecule has 33 heavy (non-hydrogen) atoms. The van der Waals surface area contributed by atoms with Gasteiger partial charge in [-0.15, -0.1) is 0 Å². The van der Waals surface area contributed by atoms with Gasteiger partial charge in [-0.2, -0.15) is 0 Å². The van der Waals surface area contributed by atoms with E-state index in [4.69, 9.17) is 16.3 Å². The second kappa shape index (κ2) is 9.86. The van der Waals surface area contributed by atoms with E-state index in [1.807, 2.05) is 36.4 Å². The number of rotatable bonds is 6. The molecule has 5 rings (SSSR count). The van der Waals surface area contributed by atoms with Crippen molar-refractivity contribution in [3.63, 3.8) is 0 Å². The Morgan fingerprint density at radius 1 is 0.727 bits per heavy atom. The highest BCUT2D eigenvalue weighted by molar-refractivity contribution is 6.30. The first-order valence-electron chi connectivity index (χ1n) is 11.9. The van der Waals surface area contributed by atoms with Crippen molar-refractivity contribution >= 4 is 17.3 Å². The van der Waals surface area contributed by atoms with Crippen LogP contribution in [0.5, 0.6) is 0 Å². The van der Waals surface area contributed by atoms with Gasteiger partial charge in [0.05, 0.1) is 13.2 Å². The van der Waals surface area contributed by atoms with Gasteiger partial charge in [0.15, 0.2) is 0 Å². The summed E-state index contributed by atoms with van der Waals surface area (Å²) in [7, 11) is 0. The number of ether oxygens (including phenoxy) is 1. The van der Waals surface area contributed by atoms with E-state index >= 15 is 0 Å². The van der Waals surface area contributed by atoms with E-state index in [0.29, 0.717) is 5.02 Å². The highest BCUT2D eigenvalue weighted by atomic mass is 35.5. The van der Waals surface area contributed by atoms with E-state index in [1.54, 1.807) is 0 Å². The van der Waals surface area contributed by atoms with Crippen LogP contribution in [0, 0.1) is 0 Å². The molecule has 0 spiro atoms. The third-order valence-electron chi connectivity index (χ3n) is 6.90. The lowest BCUT2D eigenvalue weighted by Gasteiger charge is -2.32. The number of hydrogen-bond donors (Lipinski definition) is 1. The molecule has 1 unspecified atom stereocenters. The molecule has 1 N–H and O–H groups in total. The van der Waals surface area contributed by atoms with E-state index in [9.17, 15) is 5.11 Å². The van der Waals surface area contributed by atoms with Gasteiger partial charge in [0, 0.05) is 30.3 Å². The van der Waals surface area contributed by atoms with Crippen LogP contribution in [0.3, 0.4) is 0 Å². The maximum atomic E-state index is 12.2. The molecule has 2 aliphatic rings. The zero-order valence-corrected chi connectivity index (χ0v) is 19.7. The standard InChI is InChI=1S/C28H31ClN2O2/c29-26-11-7-24(8-12-26)28(32,23-5-3-22(4-6-23)21-30-15-1-2-16-30)25-9-13-27(14-10-25)31-17-19-33-20-18-31/h3-14,32H,1-2,15-21H2. The maximum absolute atomic E-state index is 12.2. The predicted octanol–water partition coefficient (Wildman–Crippen LogP) is 5.06. The van der Waals surface area contributed by atoms with Gasteiger partial charge in [0.2, 0.25) is 0 Å². The van der Waals surface area contributed by atoms with Crippen molar-refractivity contribution in [3.05, 3.63) is 100 Å². The molecule has 0 bridgehead atoms. The van der Waals surface area contributed by atoms with Crippen molar-refractivity contribution in [2.75, 3.05) is 44.3 Å². The van der Waals surface area contributed by atoms with E-state index in [1.165, 1.54) is 31.5 Å². The number of nitrogens with zero attached hydrogens (tertiary/aromatic N) is 2. The highest BCUT2D eigenvalue weighted by Gasteiger charge is 2.34. The number of morpholine rings is 1. The highest BCUT2D eigenvalue weighted by Crippen LogP contribution is 2.38. The van der Waals surface area contributed by atoms with Crippen LogP contribution < -0.4 is 4.90 Å². The third kappa shape index (κ3) is 4.80. The van der Waals surface area contributed by atoms with Crippen LogP contribution in [-0.2, 0) is 16.9 Å². The fourth-order valence-corrected chi connectivity index (χ4v) is 5.10. The van der Waals surface area contributed by atoms with Gasteiger partial charge in [-0.05, 0) is 72.5 Å². The summed E-state index contributed by atoms with van der Waals surface area (Å²) >= 11 is 6.16. The van der Waals surface area contributed by atoms with Gasteiger partial charge in [-0.1, -0.05) is 60.1 Å². The second-order valence-corrected chi connectivity index (χ2v) is 9.48. The third-order valence-corrected chi connectivity index (χ3v) is 7.15. The molecule has 0 aromatic heterocycles. The normalized spacial score (nSPS) is 18.9. The Balaban J connectivity index is 1.47. The van der Waals surface area contributed by atoms with Crippen molar-refractivity contribution in [1.82, 2.24) is 4.90 Å². The summed E-state index contributed by atoms with van der Waals surface area (Å²) in [6.45, 7) is 6.59. The Morgan fingerprint density at radius 3 is 1.82 bits per heavy atom. The molecule has 0 amide bonds. The lowest BCUT2D eigenvalue weighted by molar-refractivity contribution is 0.122. The van der Waals surface area contributed by atoms with Crippen molar-refractivity contribution in [2.24, 2.45) is 0 Å². The van der Waals surface area contributed by atoms with Gasteiger partial charge < -0.3 is 14.7 Å². The summed E-state index contributed by atoms with van der Waals surface area (Å²) < 4.78 is 5.48. The van der Waals surface area contributed by atoms with Gasteiger partial charge in [0.1, 0.15) is 5.60 Å². The molecule has 5 heteroatoms. The molecular weight excluding hydrogens is 432 g/mol. The number of likely N-dealkylation sites (tertiary alicyclic amines) is 1. The Morgan fingerprint density at radius 2 is 1.24 bits per heavy atom. The van der Waals surface area contributed by atoms with E-state index in [-0.39, 0.29) is 0 Å². The fraction of sp³-hybridized carbons (Fsp3) is 0.357. The summed E-state index contributed by atoms with van der Waals surface area (Å²) in [4.78, 5) is 4.81. The van der Waals surface area contributed by atoms with Crippen LogP contribution in [0.15, 0.2) is 72.8 Å². The minimum absolute atomic E-state index is 0.657. The van der Waals surface area contributed by atoms with Crippen molar-refractivity contribution < 1.29 is 9.84 Å². The first-order chi connectivity index (χ1) is 16.1. The molecular formula is C28H31ClN2O2. The summed E-state index contributed by atoms with van der Waals surface area (Å²) in [5.41, 5.74) is 3.67. The molecule has 4 nitrogen and oxygen atoms in total. The quantitative estimate of drug-likeness (QED) is 0.519. The molecule has 2 fully saturated rings. The van der Waals surface area contributed by atoms with Crippen molar-refractivity contribution in [2.45, 2.75) is 25.0 Å². The van der Waals surface area contributed by atoms with Crippen LogP contribution >= 0.6 is 11.6 Å². The Kier molecular flexibility index (Phi) is 6.70.